The number of hydrogen-bond acceptors (Lipinski definition) is 4. The van der Waals surface area contributed by atoms with Crippen LogP contribution in [0.2, 0.25) is 0 Å². The highest BCUT2D eigenvalue weighted by Gasteiger charge is 2.13. The predicted octanol–water partition coefficient (Wildman–Crippen LogP) is 1.86. The third kappa shape index (κ3) is 4.54. The maximum absolute atomic E-state index is 11.4. The van der Waals surface area contributed by atoms with Crippen molar-refractivity contribution in [3.63, 3.8) is 0 Å². The van der Waals surface area contributed by atoms with E-state index in [1.165, 1.54) is 7.11 Å². The first kappa shape index (κ1) is 13.8. The second-order valence-electron chi connectivity index (χ2n) is 4.59. The molecule has 0 spiro atoms. The third-order valence-corrected chi connectivity index (χ3v) is 3.01. The Bertz CT molecular complexity index is 417. The highest BCUT2D eigenvalue weighted by atomic mass is 16.5. The summed E-state index contributed by atoms with van der Waals surface area (Å²) in [5.41, 5.74) is 1.79. The van der Waals surface area contributed by atoms with Crippen molar-refractivity contribution in [2.24, 2.45) is 0 Å². The van der Waals surface area contributed by atoms with E-state index in [2.05, 4.69) is 10.6 Å². The molecule has 5 heteroatoms. The van der Waals surface area contributed by atoms with E-state index in [0.717, 1.165) is 37.4 Å². The van der Waals surface area contributed by atoms with Gasteiger partial charge < -0.3 is 20.1 Å². The number of ether oxygens (including phenoxy) is 2. The Morgan fingerprint density at radius 2 is 2.11 bits per heavy atom. The lowest BCUT2D eigenvalue weighted by Gasteiger charge is -2.24. The van der Waals surface area contributed by atoms with Crippen LogP contribution in [0.4, 0.5) is 11.4 Å². The molecule has 1 saturated heterocycles. The lowest BCUT2D eigenvalue weighted by molar-refractivity contribution is -0.119. The van der Waals surface area contributed by atoms with E-state index < -0.39 is 0 Å². The molecule has 0 saturated carbocycles. The van der Waals surface area contributed by atoms with Crippen molar-refractivity contribution in [3.8, 4) is 0 Å². The highest BCUT2D eigenvalue weighted by Crippen LogP contribution is 2.19. The van der Waals surface area contributed by atoms with Crippen LogP contribution in [-0.4, -0.2) is 38.9 Å². The summed E-state index contributed by atoms with van der Waals surface area (Å²) >= 11 is 0. The fraction of sp³-hybridized carbons (Fsp3) is 0.500. The molecule has 5 nitrogen and oxygen atoms in total. The topological polar surface area (TPSA) is 59.6 Å². The van der Waals surface area contributed by atoms with Gasteiger partial charge in [-0.15, -0.1) is 0 Å². The first-order valence-electron chi connectivity index (χ1n) is 6.51. The average molecular weight is 264 g/mol. The summed E-state index contributed by atoms with van der Waals surface area (Å²) in [6, 6.07) is 8.16. The lowest BCUT2D eigenvalue weighted by Crippen LogP contribution is -2.27. The van der Waals surface area contributed by atoms with Crippen molar-refractivity contribution in [1.29, 1.82) is 0 Å². The van der Waals surface area contributed by atoms with Gasteiger partial charge in [0.15, 0.2) is 0 Å². The van der Waals surface area contributed by atoms with Gasteiger partial charge in [0.1, 0.15) is 6.61 Å². The molecule has 0 aliphatic carbocycles. The molecular weight excluding hydrogens is 244 g/mol. The fourth-order valence-electron chi connectivity index (χ4n) is 2.09. The Morgan fingerprint density at radius 3 is 2.84 bits per heavy atom. The summed E-state index contributed by atoms with van der Waals surface area (Å²) in [6.45, 7) is 1.68. The summed E-state index contributed by atoms with van der Waals surface area (Å²) < 4.78 is 10.1. The van der Waals surface area contributed by atoms with Crippen LogP contribution in [0, 0.1) is 0 Å². The molecule has 19 heavy (non-hydrogen) atoms. The second kappa shape index (κ2) is 7.11. The highest BCUT2D eigenvalue weighted by molar-refractivity contribution is 5.92. The molecule has 1 heterocycles. The molecule has 1 fully saturated rings. The number of anilines is 2. The van der Waals surface area contributed by atoms with Gasteiger partial charge in [-0.25, -0.2) is 0 Å². The zero-order chi connectivity index (χ0) is 13.5. The number of carbonyl (C=O) groups excluding carboxylic acids is 1. The van der Waals surface area contributed by atoms with Crippen molar-refractivity contribution in [1.82, 2.24) is 0 Å². The number of nitrogens with one attached hydrogen (secondary N) is 2. The van der Waals surface area contributed by atoms with E-state index in [1.807, 2.05) is 24.3 Å². The zero-order valence-electron chi connectivity index (χ0n) is 11.1. The molecule has 0 atom stereocenters. The Balaban J connectivity index is 1.92. The minimum Gasteiger partial charge on any atom is -0.382 e. The summed E-state index contributed by atoms with van der Waals surface area (Å²) in [7, 11) is 1.50. The maximum Gasteiger partial charge on any atom is 0.250 e. The Kier molecular flexibility index (Phi) is 5.18. The van der Waals surface area contributed by atoms with Crippen molar-refractivity contribution < 1.29 is 14.3 Å². The molecular formula is C14H20N2O3. The largest absolute Gasteiger partial charge is 0.382 e. The smallest absolute Gasteiger partial charge is 0.250 e. The summed E-state index contributed by atoms with van der Waals surface area (Å²) in [6.07, 6.45) is 2.03. The molecule has 1 aromatic carbocycles. The maximum atomic E-state index is 11.4. The predicted molar refractivity (Wildman–Crippen MR) is 74.4 cm³/mol. The second-order valence-corrected chi connectivity index (χ2v) is 4.59. The standard InChI is InChI=1S/C14H20N2O3/c1-18-10-14(17)16-13-4-2-3-12(9-13)15-11-5-7-19-8-6-11/h2-4,9,11,15H,5-8,10H2,1H3,(H,16,17). The van der Waals surface area contributed by atoms with Gasteiger partial charge >= 0.3 is 0 Å². The van der Waals surface area contributed by atoms with Crippen molar-refractivity contribution >= 4 is 17.3 Å². The number of amides is 1. The number of hydrogen-bond donors (Lipinski definition) is 2. The van der Waals surface area contributed by atoms with Crippen LogP contribution in [0.25, 0.3) is 0 Å². The minimum atomic E-state index is -0.147. The van der Waals surface area contributed by atoms with Gasteiger partial charge in [0.2, 0.25) is 5.91 Å². The molecule has 0 bridgehead atoms. The van der Waals surface area contributed by atoms with Crippen molar-refractivity contribution in [2.45, 2.75) is 18.9 Å². The molecule has 1 amide bonds. The summed E-state index contributed by atoms with van der Waals surface area (Å²) in [5, 5.41) is 6.26. The van der Waals surface area contributed by atoms with Gasteiger partial charge in [0.25, 0.3) is 0 Å². The normalized spacial score (nSPS) is 16.1. The van der Waals surface area contributed by atoms with E-state index in [4.69, 9.17) is 9.47 Å². The lowest BCUT2D eigenvalue weighted by atomic mass is 10.1. The van der Waals surface area contributed by atoms with E-state index in [0.29, 0.717) is 6.04 Å². The van der Waals surface area contributed by atoms with Crippen LogP contribution in [0.5, 0.6) is 0 Å². The number of rotatable bonds is 5. The van der Waals surface area contributed by atoms with Crippen LogP contribution in [0.3, 0.4) is 0 Å². The summed E-state index contributed by atoms with van der Waals surface area (Å²) in [4.78, 5) is 11.4. The van der Waals surface area contributed by atoms with Gasteiger partial charge in [-0.2, -0.15) is 0 Å². The van der Waals surface area contributed by atoms with Crippen LogP contribution in [0.1, 0.15) is 12.8 Å². The molecule has 0 unspecified atom stereocenters. The van der Waals surface area contributed by atoms with Crippen LogP contribution in [0.15, 0.2) is 24.3 Å². The van der Waals surface area contributed by atoms with Gasteiger partial charge in [-0.3, -0.25) is 4.79 Å². The molecule has 0 aromatic heterocycles. The molecule has 1 aromatic rings. The Hall–Kier alpha value is -1.59. The number of benzene rings is 1. The van der Waals surface area contributed by atoms with E-state index in [9.17, 15) is 4.79 Å². The van der Waals surface area contributed by atoms with Crippen molar-refractivity contribution in [3.05, 3.63) is 24.3 Å². The molecule has 2 N–H and O–H groups in total. The van der Waals surface area contributed by atoms with E-state index >= 15 is 0 Å². The zero-order valence-corrected chi connectivity index (χ0v) is 11.1. The van der Waals surface area contributed by atoms with Crippen LogP contribution >= 0.6 is 0 Å². The van der Waals surface area contributed by atoms with Gasteiger partial charge in [0.05, 0.1) is 0 Å². The van der Waals surface area contributed by atoms with Gasteiger partial charge in [-0.1, -0.05) is 6.07 Å². The van der Waals surface area contributed by atoms with Crippen LogP contribution < -0.4 is 10.6 Å². The molecule has 1 aliphatic heterocycles. The Labute approximate surface area is 113 Å². The molecule has 1 aliphatic rings. The quantitative estimate of drug-likeness (QED) is 0.852. The SMILES string of the molecule is COCC(=O)Nc1cccc(NC2CCOCC2)c1. The number of carbonyl (C=O) groups is 1. The third-order valence-electron chi connectivity index (χ3n) is 3.01. The average Bonchev–Trinajstić information content (AvgIpc) is 2.40. The van der Waals surface area contributed by atoms with Gasteiger partial charge in [0, 0.05) is 37.7 Å². The van der Waals surface area contributed by atoms with E-state index in [1.54, 1.807) is 0 Å². The Morgan fingerprint density at radius 1 is 1.37 bits per heavy atom. The number of methoxy groups -OCH3 is 1. The fourth-order valence-corrected chi connectivity index (χ4v) is 2.09. The van der Waals surface area contributed by atoms with Crippen molar-refractivity contribution in [2.75, 3.05) is 37.6 Å². The minimum absolute atomic E-state index is 0.0671. The van der Waals surface area contributed by atoms with Gasteiger partial charge in [-0.05, 0) is 31.0 Å². The monoisotopic (exact) mass is 264 g/mol. The molecule has 2 rings (SSSR count). The first-order chi connectivity index (χ1) is 9.28. The van der Waals surface area contributed by atoms with E-state index in [-0.39, 0.29) is 12.5 Å². The van der Waals surface area contributed by atoms with Crippen LogP contribution in [-0.2, 0) is 14.3 Å². The molecule has 104 valence electrons. The molecule has 0 radical (unpaired) electrons. The summed E-state index contributed by atoms with van der Waals surface area (Å²) in [5.74, 6) is -0.147. The first-order valence-corrected chi connectivity index (χ1v) is 6.51.